The van der Waals surface area contributed by atoms with Crippen molar-refractivity contribution in [1.29, 1.82) is 0 Å². The quantitative estimate of drug-likeness (QED) is 0.391. The molecule has 10 atom stereocenters. The van der Waals surface area contributed by atoms with Crippen molar-refractivity contribution in [2.75, 3.05) is 13.2 Å². The van der Waals surface area contributed by atoms with Crippen LogP contribution >= 0.6 is 0 Å². The third-order valence-corrected chi connectivity index (χ3v) is 13.5. The Morgan fingerprint density at radius 2 is 1.12 bits per heavy atom. The maximum absolute atomic E-state index is 6.80. The van der Waals surface area contributed by atoms with Gasteiger partial charge in [-0.3, -0.25) is 0 Å². The van der Waals surface area contributed by atoms with Gasteiger partial charge in [0.1, 0.15) is 0 Å². The van der Waals surface area contributed by atoms with E-state index in [1.807, 2.05) is 0 Å². The fourth-order valence-corrected chi connectivity index (χ4v) is 12.5. The van der Waals surface area contributed by atoms with Crippen LogP contribution in [0.15, 0.2) is 24.3 Å². The Labute approximate surface area is 204 Å². The Morgan fingerprint density at radius 1 is 0.727 bits per heavy atom. The molecule has 33 heavy (non-hydrogen) atoms. The van der Waals surface area contributed by atoms with Gasteiger partial charge in [-0.25, -0.2) is 0 Å². The SMILES string of the molecule is C=C1CCC23CC1C(C)(C)C2C(COCC1CC(C)C24CCC(=C)C(C2)C(C)(C)C14)CC3C. The highest BCUT2D eigenvalue weighted by Gasteiger charge is 2.68. The summed E-state index contributed by atoms with van der Waals surface area (Å²) in [7, 11) is 0. The fraction of sp³-hybridized carbons (Fsp3) is 0.875. The third-order valence-electron chi connectivity index (χ3n) is 13.5. The lowest BCUT2D eigenvalue weighted by Crippen LogP contribution is -2.36. The summed E-state index contributed by atoms with van der Waals surface area (Å²) < 4.78 is 6.80. The van der Waals surface area contributed by atoms with Gasteiger partial charge < -0.3 is 4.74 Å². The first-order chi connectivity index (χ1) is 15.4. The minimum atomic E-state index is 0.392. The molecule has 1 nitrogen and oxygen atoms in total. The van der Waals surface area contributed by atoms with Gasteiger partial charge in [0.05, 0.1) is 0 Å². The van der Waals surface area contributed by atoms with Gasteiger partial charge in [-0.05, 0) is 120 Å². The van der Waals surface area contributed by atoms with Crippen molar-refractivity contribution < 1.29 is 4.74 Å². The van der Waals surface area contributed by atoms with E-state index in [2.05, 4.69) is 54.7 Å². The van der Waals surface area contributed by atoms with E-state index in [4.69, 9.17) is 4.74 Å². The molecule has 0 N–H and O–H groups in total. The molecule has 6 aliphatic rings. The summed E-state index contributed by atoms with van der Waals surface area (Å²) >= 11 is 0. The Balaban J connectivity index is 1.18. The van der Waals surface area contributed by atoms with Crippen LogP contribution in [0.1, 0.15) is 92.9 Å². The van der Waals surface area contributed by atoms with Gasteiger partial charge in [0.15, 0.2) is 0 Å². The second-order valence-electron chi connectivity index (χ2n) is 15.2. The van der Waals surface area contributed by atoms with Crippen LogP contribution in [0.5, 0.6) is 0 Å². The van der Waals surface area contributed by atoms with Gasteiger partial charge in [-0.2, -0.15) is 0 Å². The molecular weight excluding hydrogens is 400 g/mol. The number of hydrogen-bond acceptors (Lipinski definition) is 1. The molecule has 0 aromatic rings. The van der Waals surface area contributed by atoms with E-state index >= 15 is 0 Å². The highest BCUT2D eigenvalue weighted by atomic mass is 16.5. The smallest absolute Gasteiger partial charge is 0.0497 e. The standard InChI is InChI=1S/C32H50O/c1-19-9-11-31-15-25(19)29(5,6)27(31)23(13-21(31)3)17-33-18-24-14-22(4)32-12-10-20(2)26(16-32)30(7,8)28(24)32/h21-28H,1-2,9-18H2,3-8H3. The number of rotatable bonds is 4. The molecule has 6 rings (SSSR count). The fourth-order valence-electron chi connectivity index (χ4n) is 12.5. The predicted molar refractivity (Wildman–Crippen MR) is 138 cm³/mol. The molecule has 6 saturated carbocycles. The minimum absolute atomic E-state index is 0.392. The normalized spacial score (nSPS) is 53.4. The maximum atomic E-state index is 6.80. The van der Waals surface area contributed by atoms with Crippen molar-refractivity contribution in [3.63, 3.8) is 0 Å². The van der Waals surface area contributed by atoms with Gasteiger partial charge in [0.2, 0.25) is 0 Å². The molecular formula is C32H50O. The average Bonchev–Trinajstić information content (AvgIpc) is 3.31. The van der Waals surface area contributed by atoms with Crippen LogP contribution in [0, 0.1) is 69.0 Å². The summed E-state index contributed by atoms with van der Waals surface area (Å²) in [6, 6.07) is 0. The molecule has 0 heterocycles. The summed E-state index contributed by atoms with van der Waals surface area (Å²) in [6.07, 6.45) is 10.9. The van der Waals surface area contributed by atoms with Crippen LogP contribution in [-0.2, 0) is 4.74 Å². The zero-order chi connectivity index (χ0) is 23.6. The van der Waals surface area contributed by atoms with E-state index in [0.29, 0.717) is 21.7 Å². The largest absolute Gasteiger partial charge is 0.381 e. The Bertz CT molecular complexity index is 794. The predicted octanol–water partition coefficient (Wildman–Crippen LogP) is 8.31. The molecule has 2 spiro atoms. The molecule has 0 saturated heterocycles. The highest BCUT2D eigenvalue weighted by Crippen LogP contribution is 2.75. The molecule has 0 aliphatic heterocycles. The molecule has 6 fully saturated rings. The number of ether oxygens (including phenoxy) is 1. The van der Waals surface area contributed by atoms with Crippen molar-refractivity contribution in [1.82, 2.24) is 0 Å². The number of allylic oxidation sites excluding steroid dienone is 2. The Morgan fingerprint density at radius 3 is 1.52 bits per heavy atom. The van der Waals surface area contributed by atoms with E-state index in [9.17, 15) is 0 Å². The maximum Gasteiger partial charge on any atom is 0.0497 e. The van der Waals surface area contributed by atoms with Gasteiger partial charge in [0, 0.05) is 13.2 Å². The lowest BCUT2D eigenvalue weighted by molar-refractivity contribution is -0.00177. The van der Waals surface area contributed by atoms with Crippen LogP contribution in [0.2, 0.25) is 0 Å². The molecule has 4 bridgehead atoms. The van der Waals surface area contributed by atoms with Crippen LogP contribution in [0.4, 0.5) is 0 Å². The molecule has 10 unspecified atom stereocenters. The Hall–Kier alpha value is -0.560. The first kappa shape index (κ1) is 22.9. The van der Waals surface area contributed by atoms with Gasteiger partial charge >= 0.3 is 0 Å². The zero-order valence-corrected chi connectivity index (χ0v) is 22.5. The van der Waals surface area contributed by atoms with Gasteiger partial charge in [-0.15, -0.1) is 0 Å². The van der Waals surface area contributed by atoms with Crippen LogP contribution in [0.25, 0.3) is 0 Å². The molecule has 0 radical (unpaired) electrons. The van der Waals surface area contributed by atoms with Crippen molar-refractivity contribution in [2.45, 2.75) is 92.9 Å². The molecule has 0 amide bonds. The third kappa shape index (κ3) is 2.76. The minimum Gasteiger partial charge on any atom is -0.381 e. The van der Waals surface area contributed by atoms with Gasteiger partial charge in [0.25, 0.3) is 0 Å². The molecule has 6 aliphatic carbocycles. The van der Waals surface area contributed by atoms with E-state index < -0.39 is 0 Å². The molecule has 0 aromatic carbocycles. The summed E-state index contributed by atoms with van der Waals surface area (Å²) in [6.45, 7) is 26.5. The van der Waals surface area contributed by atoms with Crippen LogP contribution in [-0.4, -0.2) is 13.2 Å². The van der Waals surface area contributed by atoms with Crippen LogP contribution < -0.4 is 0 Å². The number of fused-ring (bicyclic) bond motifs is 2. The van der Waals surface area contributed by atoms with Crippen molar-refractivity contribution in [3.8, 4) is 0 Å². The second kappa shape index (κ2) is 7.02. The summed E-state index contributed by atoms with van der Waals surface area (Å²) in [5.74, 6) is 6.31. The van der Waals surface area contributed by atoms with E-state index in [1.54, 1.807) is 11.1 Å². The number of hydrogen-bond donors (Lipinski definition) is 0. The highest BCUT2D eigenvalue weighted by molar-refractivity contribution is 5.26. The Kier molecular flexibility index (Phi) is 4.86. The summed E-state index contributed by atoms with van der Waals surface area (Å²) in [4.78, 5) is 0. The summed E-state index contributed by atoms with van der Waals surface area (Å²) in [5, 5.41) is 0. The first-order valence-electron chi connectivity index (χ1n) is 14.4. The lowest BCUT2D eigenvalue weighted by atomic mass is 9.66. The molecule has 0 aromatic heterocycles. The zero-order valence-electron chi connectivity index (χ0n) is 22.5. The van der Waals surface area contributed by atoms with Crippen molar-refractivity contribution in [2.24, 2.45) is 69.0 Å². The topological polar surface area (TPSA) is 9.23 Å². The monoisotopic (exact) mass is 450 g/mol. The summed E-state index contributed by atoms with van der Waals surface area (Å²) in [5.41, 5.74) is 5.02. The second-order valence-corrected chi connectivity index (χ2v) is 15.2. The van der Waals surface area contributed by atoms with E-state index in [1.165, 1.54) is 51.4 Å². The lowest BCUT2D eigenvalue weighted by Gasteiger charge is -2.40. The van der Waals surface area contributed by atoms with Crippen molar-refractivity contribution in [3.05, 3.63) is 24.3 Å². The average molecular weight is 451 g/mol. The molecule has 184 valence electrons. The van der Waals surface area contributed by atoms with Gasteiger partial charge in [-0.1, -0.05) is 65.8 Å². The first-order valence-corrected chi connectivity index (χ1v) is 14.4. The van der Waals surface area contributed by atoms with E-state index in [0.717, 1.165) is 60.6 Å². The van der Waals surface area contributed by atoms with Crippen molar-refractivity contribution >= 4 is 0 Å². The van der Waals surface area contributed by atoms with Crippen LogP contribution in [0.3, 0.4) is 0 Å². The van der Waals surface area contributed by atoms with E-state index in [-0.39, 0.29) is 0 Å². The molecule has 1 heteroatoms.